The molecule has 106 valence electrons. The van der Waals surface area contributed by atoms with E-state index in [1.807, 2.05) is 0 Å². The third kappa shape index (κ3) is 4.43. The molecule has 1 heterocycles. The van der Waals surface area contributed by atoms with Crippen molar-refractivity contribution < 1.29 is 4.74 Å². The van der Waals surface area contributed by atoms with Gasteiger partial charge >= 0.3 is 0 Å². The average molecular weight is 262 g/mol. The number of piperazine rings is 1. The van der Waals surface area contributed by atoms with Crippen LogP contribution in [0.3, 0.4) is 0 Å². The van der Waals surface area contributed by atoms with E-state index in [4.69, 9.17) is 4.74 Å². The van der Waals surface area contributed by atoms with Gasteiger partial charge in [-0.15, -0.1) is 0 Å². The predicted molar refractivity (Wildman–Crippen MR) is 81.2 cm³/mol. The summed E-state index contributed by atoms with van der Waals surface area (Å²) < 4.78 is 5.97. The summed E-state index contributed by atoms with van der Waals surface area (Å²) in [4.78, 5) is 2.41. The lowest BCUT2D eigenvalue weighted by Gasteiger charge is -2.30. The Morgan fingerprint density at radius 3 is 2.68 bits per heavy atom. The normalized spacial score (nSPS) is 15.5. The Labute approximate surface area is 116 Å². The monoisotopic (exact) mass is 262 g/mol. The Balaban J connectivity index is 1.88. The summed E-state index contributed by atoms with van der Waals surface area (Å²) in [5.41, 5.74) is 1.25. The molecule has 1 aliphatic heterocycles. The number of para-hydroxylation sites is 2. The summed E-state index contributed by atoms with van der Waals surface area (Å²) in [6, 6.07) is 8.43. The highest BCUT2D eigenvalue weighted by atomic mass is 16.5. The van der Waals surface area contributed by atoms with Crippen LogP contribution in [0.4, 0.5) is 5.69 Å². The highest BCUT2D eigenvalue weighted by Crippen LogP contribution is 2.28. The standard InChI is InChI=1S/C16H26N2O/c1-2-3-4-7-14-19-16-9-6-5-8-15(16)18-12-10-17-11-13-18/h5-6,8-9,17H,2-4,7,10-14H2,1H3. The molecule has 0 spiro atoms. The molecular weight excluding hydrogens is 236 g/mol. The van der Waals surface area contributed by atoms with E-state index in [2.05, 4.69) is 41.4 Å². The number of nitrogens with zero attached hydrogens (tertiary/aromatic N) is 1. The SMILES string of the molecule is CCCCCCOc1ccccc1N1CCNCC1. The highest BCUT2D eigenvalue weighted by Gasteiger charge is 2.14. The molecule has 0 bridgehead atoms. The van der Waals surface area contributed by atoms with Crippen molar-refractivity contribution in [2.24, 2.45) is 0 Å². The van der Waals surface area contributed by atoms with Crippen molar-refractivity contribution in [1.29, 1.82) is 0 Å². The van der Waals surface area contributed by atoms with Gasteiger partial charge < -0.3 is 15.0 Å². The molecule has 0 atom stereocenters. The minimum absolute atomic E-state index is 0.836. The molecule has 2 rings (SSSR count). The number of hydrogen-bond acceptors (Lipinski definition) is 3. The fourth-order valence-corrected chi connectivity index (χ4v) is 2.46. The number of unbranched alkanes of at least 4 members (excludes halogenated alkanes) is 3. The van der Waals surface area contributed by atoms with E-state index in [0.29, 0.717) is 0 Å². The van der Waals surface area contributed by atoms with Crippen molar-refractivity contribution in [3.63, 3.8) is 0 Å². The number of benzene rings is 1. The maximum absolute atomic E-state index is 5.97. The molecule has 0 aromatic heterocycles. The van der Waals surface area contributed by atoms with Crippen LogP contribution < -0.4 is 15.0 Å². The van der Waals surface area contributed by atoms with Gasteiger partial charge in [0.05, 0.1) is 12.3 Å². The van der Waals surface area contributed by atoms with Gasteiger partial charge in [0.25, 0.3) is 0 Å². The largest absolute Gasteiger partial charge is 0.491 e. The van der Waals surface area contributed by atoms with Crippen LogP contribution in [0.1, 0.15) is 32.6 Å². The zero-order valence-electron chi connectivity index (χ0n) is 12.0. The van der Waals surface area contributed by atoms with Crippen LogP contribution in [0.5, 0.6) is 5.75 Å². The van der Waals surface area contributed by atoms with Crippen LogP contribution in [0.25, 0.3) is 0 Å². The van der Waals surface area contributed by atoms with Gasteiger partial charge in [-0.2, -0.15) is 0 Å². The summed E-state index contributed by atoms with van der Waals surface area (Å²) in [6.45, 7) is 7.33. The van der Waals surface area contributed by atoms with E-state index < -0.39 is 0 Å². The third-order valence-electron chi connectivity index (χ3n) is 3.58. The van der Waals surface area contributed by atoms with Crippen LogP contribution in [0.15, 0.2) is 24.3 Å². The van der Waals surface area contributed by atoms with Gasteiger partial charge in [-0.05, 0) is 18.6 Å². The van der Waals surface area contributed by atoms with Crippen molar-refractivity contribution in [3.8, 4) is 5.75 Å². The molecule has 19 heavy (non-hydrogen) atoms. The lowest BCUT2D eigenvalue weighted by Crippen LogP contribution is -2.43. The zero-order chi connectivity index (χ0) is 13.3. The molecule has 0 saturated carbocycles. The van der Waals surface area contributed by atoms with Crippen molar-refractivity contribution >= 4 is 5.69 Å². The molecule has 1 saturated heterocycles. The van der Waals surface area contributed by atoms with Crippen LogP contribution in [0.2, 0.25) is 0 Å². The molecule has 0 amide bonds. The Morgan fingerprint density at radius 1 is 1.11 bits per heavy atom. The number of anilines is 1. The maximum atomic E-state index is 5.97. The molecule has 0 radical (unpaired) electrons. The second kappa shape index (κ2) is 8.05. The van der Waals surface area contributed by atoms with E-state index in [9.17, 15) is 0 Å². The van der Waals surface area contributed by atoms with Gasteiger partial charge in [0.15, 0.2) is 0 Å². The summed E-state index contributed by atoms with van der Waals surface area (Å²) in [5.74, 6) is 1.04. The third-order valence-corrected chi connectivity index (χ3v) is 3.58. The summed E-state index contributed by atoms with van der Waals surface area (Å²) in [5, 5.41) is 3.39. The van der Waals surface area contributed by atoms with E-state index in [1.165, 1.54) is 24.9 Å². The van der Waals surface area contributed by atoms with E-state index >= 15 is 0 Å². The molecule has 1 aromatic rings. The molecule has 3 nitrogen and oxygen atoms in total. The first-order valence-corrected chi connectivity index (χ1v) is 7.59. The molecule has 1 fully saturated rings. The Morgan fingerprint density at radius 2 is 1.89 bits per heavy atom. The Kier molecular flexibility index (Phi) is 6.02. The first kappa shape index (κ1) is 14.2. The molecule has 1 aliphatic rings. The molecule has 0 aliphatic carbocycles. The van der Waals surface area contributed by atoms with Crippen molar-refractivity contribution in [2.75, 3.05) is 37.7 Å². The number of ether oxygens (including phenoxy) is 1. The lowest BCUT2D eigenvalue weighted by atomic mass is 10.2. The predicted octanol–water partition coefficient (Wildman–Crippen LogP) is 3.06. The van der Waals surface area contributed by atoms with Crippen LogP contribution >= 0.6 is 0 Å². The number of rotatable bonds is 7. The van der Waals surface area contributed by atoms with Gasteiger partial charge in [0.2, 0.25) is 0 Å². The van der Waals surface area contributed by atoms with Crippen molar-refractivity contribution in [1.82, 2.24) is 5.32 Å². The van der Waals surface area contributed by atoms with Gasteiger partial charge in [-0.25, -0.2) is 0 Å². The molecule has 1 N–H and O–H groups in total. The minimum atomic E-state index is 0.836. The maximum Gasteiger partial charge on any atom is 0.142 e. The fraction of sp³-hybridized carbons (Fsp3) is 0.625. The van der Waals surface area contributed by atoms with Crippen LogP contribution in [0, 0.1) is 0 Å². The fourth-order valence-electron chi connectivity index (χ4n) is 2.46. The van der Waals surface area contributed by atoms with E-state index in [0.717, 1.165) is 45.0 Å². The smallest absolute Gasteiger partial charge is 0.142 e. The minimum Gasteiger partial charge on any atom is -0.491 e. The van der Waals surface area contributed by atoms with Crippen molar-refractivity contribution in [3.05, 3.63) is 24.3 Å². The first-order chi connectivity index (χ1) is 9.42. The zero-order valence-corrected chi connectivity index (χ0v) is 12.0. The Bertz CT molecular complexity index is 362. The second-order valence-electron chi connectivity index (χ2n) is 5.11. The molecular formula is C16H26N2O. The van der Waals surface area contributed by atoms with Crippen LogP contribution in [-0.4, -0.2) is 32.8 Å². The topological polar surface area (TPSA) is 24.5 Å². The average Bonchev–Trinajstić information content (AvgIpc) is 2.48. The Hall–Kier alpha value is -1.22. The second-order valence-corrected chi connectivity index (χ2v) is 5.11. The van der Waals surface area contributed by atoms with Gasteiger partial charge in [0, 0.05) is 26.2 Å². The van der Waals surface area contributed by atoms with Gasteiger partial charge in [-0.1, -0.05) is 38.3 Å². The van der Waals surface area contributed by atoms with Gasteiger partial charge in [0.1, 0.15) is 5.75 Å². The van der Waals surface area contributed by atoms with Crippen LogP contribution in [-0.2, 0) is 0 Å². The molecule has 1 aromatic carbocycles. The first-order valence-electron chi connectivity index (χ1n) is 7.59. The summed E-state index contributed by atoms with van der Waals surface area (Å²) in [7, 11) is 0. The number of hydrogen-bond donors (Lipinski definition) is 1. The number of nitrogens with one attached hydrogen (secondary N) is 1. The summed E-state index contributed by atoms with van der Waals surface area (Å²) in [6.07, 6.45) is 5.01. The highest BCUT2D eigenvalue weighted by molar-refractivity contribution is 5.58. The lowest BCUT2D eigenvalue weighted by molar-refractivity contribution is 0.305. The van der Waals surface area contributed by atoms with Gasteiger partial charge in [-0.3, -0.25) is 0 Å². The summed E-state index contributed by atoms with van der Waals surface area (Å²) >= 11 is 0. The van der Waals surface area contributed by atoms with E-state index in [1.54, 1.807) is 0 Å². The molecule has 3 heteroatoms. The quantitative estimate of drug-likeness (QED) is 0.764. The van der Waals surface area contributed by atoms with Crippen molar-refractivity contribution in [2.45, 2.75) is 32.6 Å². The van der Waals surface area contributed by atoms with E-state index in [-0.39, 0.29) is 0 Å². The molecule has 0 unspecified atom stereocenters.